The first-order valence-electron chi connectivity index (χ1n) is 6.73. The number of hydrogen-bond acceptors (Lipinski definition) is 2. The van der Waals surface area contributed by atoms with Crippen LogP contribution in [0.5, 0.6) is 0 Å². The van der Waals surface area contributed by atoms with Gasteiger partial charge in [0, 0.05) is 18.9 Å². The Kier molecular flexibility index (Phi) is 3.42. The Morgan fingerprint density at radius 3 is 2.44 bits per heavy atom. The van der Waals surface area contributed by atoms with Crippen LogP contribution in [-0.2, 0) is 6.54 Å². The maximum atomic E-state index is 4.24. The number of nitrogens with zero attached hydrogens (tertiary/aromatic N) is 3. The van der Waals surface area contributed by atoms with E-state index in [1.54, 1.807) is 0 Å². The summed E-state index contributed by atoms with van der Waals surface area (Å²) in [6, 6.07) is 10.7. The largest absolute Gasteiger partial charge is 0.299 e. The van der Waals surface area contributed by atoms with Gasteiger partial charge in [0.2, 0.25) is 0 Å². The van der Waals surface area contributed by atoms with Crippen LogP contribution in [0.15, 0.2) is 42.7 Å². The van der Waals surface area contributed by atoms with Crippen molar-refractivity contribution < 1.29 is 0 Å². The molecular weight excluding hydrogens is 222 g/mol. The molecule has 1 aromatic carbocycles. The van der Waals surface area contributed by atoms with Crippen molar-refractivity contribution in [2.24, 2.45) is 0 Å². The molecule has 0 N–H and O–H groups in total. The quantitative estimate of drug-likeness (QED) is 0.824. The summed E-state index contributed by atoms with van der Waals surface area (Å²) in [7, 11) is 0. The molecule has 3 nitrogen and oxygen atoms in total. The Balaban J connectivity index is 1.67. The number of piperidine rings is 1. The smallest absolute Gasteiger partial charge is 0.0645 e. The number of hydrogen-bond donors (Lipinski definition) is 0. The van der Waals surface area contributed by atoms with Crippen molar-refractivity contribution in [2.75, 3.05) is 13.1 Å². The van der Waals surface area contributed by atoms with Crippen LogP contribution < -0.4 is 0 Å². The first kappa shape index (κ1) is 11.5. The summed E-state index contributed by atoms with van der Waals surface area (Å²) in [5, 5.41) is 4.24. The zero-order valence-electron chi connectivity index (χ0n) is 10.6. The number of rotatable bonds is 3. The van der Waals surface area contributed by atoms with Gasteiger partial charge < -0.3 is 0 Å². The van der Waals surface area contributed by atoms with Gasteiger partial charge in [-0.15, -0.1) is 0 Å². The molecule has 0 bridgehead atoms. The Hall–Kier alpha value is -1.61. The normalized spacial score (nSPS) is 16.9. The molecule has 0 amide bonds. The summed E-state index contributed by atoms with van der Waals surface area (Å²) < 4.78 is 1.89. The summed E-state index contributed by atoms with van der Waals surface area (Å²) in [6.45, 7) is 3.58. The Labute approximate surface area is 108 Å². The summed E-state index contributed by atoms with van der Waals surface area (Å²) in [4.78, 5) is 2.55. The highest BCUT2D eigenvalue weighted by molar-refractivity contribution is 5.33. The maximum Gasteiger partial charge on any atom is 0.0645 e. The van der Waals surface area contributed by atoms with Crippen molar-refractivity contribution in [1.82, 2.24) is 14.7 Å². The fourth-order valence-electron chi connectivity index (χ4n) is 2.55. The van der Waals surface area contributed by atoms with E-state index in [1.807, 2.05) is 23.1 Å². The molecule has 1 saturated heterocycles. The minimum atomic E-state index is 1.08. The van der Waals surface area contributed by atoms with Gasteiger partial charge in [-0.25, -0.2) is 4.68 Å². The van der Waals surface area contributed by atoms with Crippen LogP contribution in [0, 0.1) is 0 Å². The van der Waals surface area contributed by atoms with E-state index in [0.717, 1.165) is 12.2 Å². The third kappa shape index (κ3) is 2.62. The van der Waals surface area contributed by atoms with E-state index in [1.165, 1.54) is 37.9 Å². The third-order valence-electron chi connectivity index (χ3n) is 3.56. The lowest BCUT2D eigenvalue weighted by Crippen LogP contribution is -2.29. The minimum absolute atomic E-state index is 1.08. The van der Waals surface area contributed by atoms with Crippen LogP contribution in [-0.4, -0.2) is 27.8 Å². The lowest BCUT2D eigenvalue weighted by Gasteiger charge is -2.26. The van der Waals surface area contributed by atoms with Crippen LogP contribution in [0.2, 0.25) is 0 Å². The highest BCUT2D eigenvalue weighted by Crippen LogP contribution is 2.14. The summed E-state index contributed by atoms with van der Waals surface area (Å²) >= 11 is 0. The second-order valence-electron chi connectivity index (χ2n) is 4.95. The zero-order valence-corrected chi connectivity index (χ0v) is 10.6. The molecule has 0 radical (unpaired) electrons. The van der Waals surface area contributed by atoms with Crippen molar-refractivity contribution in [3.8, 4) is 5.69 Å². The van der Waals surface area contributed by atoms with Gasteiger partial charge in [0.15, 0.2) is 0 Å². The van der Waals surface area contributed by atoms with Crippen molar-refractivity contribution in [1.29, 1.82) is 0 Å². The van der Waals surface area contributed by atoms with Gasteiger partial charge in [0.05, 0.1) is 5.69 Å². The van der Waals surface area contributed by atoms with Gasteiger partial charge in [-0.3, -0.25) is 4.90 Å². The average molecular weight is 241 g/mol. The molecule has 0 spiro atoms. The van der Waals surface area contributed by atoms with Gasteiger partial charge in [-0.05, 0) is 49.7 Å². The van der Waals surface area contributed by atoms with E-state index in [9.17, 15) is 0 Å². The molecule has 0 atom stereocenters. The maximum absolute atomic E-state index is 4.24. The molecule has 2 heterocycles. The molecule has 1 aromatic heterocycles. The predicted octanol–water partition coefficient (Wildman–Crippen LogP) is 2.86. The molecule has 3 heteroatoms. The van der Waals surface area contributed by atoms with Crippen molar-refractivity contribution >= 4 is 0 Å². The highest BCUT2D eigenvalue weighted by Gasteiger charge is 2.10. The predicted molar refractivity (Wildman–Crippen MR) is 72.7 cm³/mol. The van der Waals surface area contributed by atoms with Crippen LogP contribution in [0.1, 0.15) is 24.8 Å². The lowest BCUT2D eigenvalue weighted by molar-refractivity contribution is 0.221. The van der Waals surface area contributed by atoms with E-state index >= 15 is 0 Å². The average Bonchev–Trinajstić information content (AvgIpc) is 2.95. The van der Waals surface area contributed by atoms with E-state index in [2.05, 4.69) is 34.3 Å². The second kappa shape index (κ2) is 5.36. The molecule has 3 rings (SSSR count). The molecular formula is C15H19N3. The van der Waals surface area contributed by atoms with Crippen LogP contribution in [0.4, 0.5) is 0 Å². The third-order valence-corrected chi connectivity index (χ3v) is 3.56. The van der Waals surface area contributed by atoms with Gasteiger partial charge in [-0.1, -0.05) is 18.6 Å². The monoisotopic (exact) mass is 241 g/mol. The standard InChI is InChI=1S/C15H19N3/c1-2-10-17(11-3-1)13-14-5-7-15(8-6-14)18-12-4-9-16-18/h4-9,12H,1-3,10-11,13H2. The van der Waals surface area contributed by atoms with Gasteiger partial charge in [0.1, 0.15) is 0 Å². The Bertz CT molecular complexity index is 467. The van der Waals surface area contributed by atoms with E-state index in [0.29, 0.717) is 0 Å². The summed E-state index contributed by atoms with van der Waals surface area (Å²) in [5.41, 5.74) is 2.52. The van der Waals surface area contributed by atoms with Gasteiger partial charge in [-0.2, -0.15) is 5.10 Å². The second-order valence-corrected chi connectivity index (χ2v) is 4.95. The molecule has 1 aliphatic heterocycles. The fourth-order valence-corrected chi connectivity index (χ4v) is 2.55. The lowest BCUT2D eigenvalue weighted by atomic mass is 10.1. The van der Waals surface area contributed by atoms with E-state index in [-0.39, 0.29) is 0 Å². The number of likely N-dealkylation sites (tertiary alicyclic amines) is 1. The molecule has 18 heavy (non-hydrogen) atoms. The Morgan fingerprint density at radius 1 is 1.00 bits per heavy atom. The molecule has 1 fully saturated rings. The van der Waals surface area contributed by atoms with Gasteiger partial charge in [0.25, 0.3) is 0 Å². The van der Waals surface area contributed by atoms with Gasteiger partial charge >= 0.3 is 0 Å². The number of benzene rings is 1. The first-order chi connectivity index (χ1) is 8.92. The summed E-state index contributed by atoms with van der Waals surface area (Å²) in [6.07, 6.45) is 7.88. The van der Waals surface area contributed by atoms with E-state index in [4.69, 9.17) is 0 Å². The van der Waals surface area contributed by atoms with Crippen LogP contribution in [0.25, 0.3) is 5.69 Å². The molecule has 0 unspecified atom stereocenters. The topological polar surface area (TPSA) is 21.1 Å². The van der Waals surface area contributed by atoms with Crippen LogP contribution >= 0.6 is 0 Å². The van der Waals surface area contributed by atoms with Crippen LogP contribution in [0.3, 0.4) is 0 Å². The zero-order chi connectivity index (χ0) is 12.2. The molecule has 94 valence electrons. The van der Waals surface area contributed by atoms with Crippen molar-refractivity contribution in [3.05, 3.63) is 48.3 Å². The SMILES string of the molecule is c1cnn(-c2ccc(CN3CCCCC3)cc2)c1. The summed E-state index contributed by atoms with van der Waals surface area (Å²) in [5.74, 6) is 0. The molecule has 0 saturated carbocycles. The number of aromatic nitrogens is 2. The minimum Gasteiger partial charge on any atom is -0.299 e. The van der Waals surface area contributed by atoms with E-state index < -0.39 is 0 Å². The molecule has 0 aliphatic carbocycles. The molecule has 1 aliphatic rings. The Morgan fingerprint density at radius 2 is 1.78 bits per heavy atom. The highest BCUT2D eigenvalue weighted by atomic mass is 15.3. The van der Waals surface area contributed by atoms with Crippen molar-refractivity contribution in [3.63, 3.8) is 0 Å². The van der Waals surface area contributed by atoms with Crippen molar-refractivity contribution in [2.45, 2.75) is 25.8 Å². The first-order valence-corrected chi connectivity index (χ1v) is 6.73. The molecule has 2 aromatic rings. The fraction of sp³-hybridized carbons (Fsp3) is 0.400.